The van der Waals surface area contributed by atoms with Gasteiger partial charge in [0, 0.05) is 11.8 Å². The maximum Gasteiger partial charge on any atom is 0.254 e. The summed E-state index contributed by atoms with van der Waals surface area (Å²) in [6, 6.07) is 0. The molecule has 2 atom stereocenters. The Morgan fingerprint density at radius 2 is 1.80 bits per heavy atom. The predicted molar refractivity (Wildman–Crippen MR) is 33.7 cm³/mol. The van der Waals surface area contributed by atoms with Crippen LogP contribution in [0.2, 0.25) is 0 Å². The maximum atomic E-state index is 12.5. The van der Waals surface area contributed by atoms with E-state index in [1.54, 1.807) is 0 Å². The number of hydrogen-bond donors (Lipinski definition) is 1. The molecule has 0 spiro atoms. The van der Waals surface area contributed by atoms with Crippen molar-refractivity contribution >= 4 is 0 Å². The van der Waals surface area contributed by atoms with Crippen molar-refractivity contribution in [3.8, 4) is 0 Å². The van der Waals surface area contributed by atoms with Gasteiger partial charge in [-0.3, -0.25) is 0 Å². The molecule has 0 heterocycles. The van der Waals surface area contributed by atoms with Crippen LogP contribution in [0.15, 0.2) is 0 Å². The van der Waals surface area contributed by atoms with Crippen molar-refractivity contribution in [3.05, 3.63) is 0 Å². The van der Waals surface area contributed by atoms with E-state index < -0.39 is 5.92 Å². The van der Waals surface area contributed by atoms with Gasteiger partial charge < -0.3 is 5.73 Å². The number of halogens is 2. The van der Waals surface area contributed by atoms with E-state index in [4.69, 9.17) is 5.73 Å². The number of nitrogens with two attached hydrogens (primary N) is 1. The van der Waals surface area contributed by atoms with E-state index >= 15 is 0 Å². The fourth-order valence-electron chi connectivity index (χ4n) is 2.11. The zero-order chi connectivity index (χ0) is 7.35. The van der Waals surface area contributed by atoms with Crippen LogP contribution in [-0.4, -0.2) is 12.5 Å². The third kappa shape index (κ3) is 0.641. The summed E-state index contributed by atoms with van der Waals surface area (Å²) in [4.78, 5) is 0. The van der Waals surface area contributed by atoms with Crippen LogP contribution in [-0.2, 0) is 0 Å². The highest BCUT2D eigenvalue weighted by molar-refractivity contribution is 5.10. The van der Waals surface area contributed by atoms with Gasteiger partial charge in [-0.2, -0.15) is 0 Å². The molecule has 0 aromatic heterocycles. The van der Waals surface area contributed by atoms with Crippen LogP contribution >= 0.6 is 0 Å². The van der Waals surface area contributed by atoms with E-state index in [9.17, 15) is 8.78 Å². The lowest BCUT2D eigenvalue weighted by Crippen LogP contribution is -2.16. The summed E-state index contributed by atoms with van der Waals surface area (Å²) in [5, 5.41) is 0. The molecule has 2 rings (SSSR count). The van der Waals surface area contributed by atoms with Crippen molar-refractivity contribution in [1.29, 1.82) is 0 Å². The molecule has 0 radical (unpaired) electrons. The molecule has 2 N–H and O–H groups in total. The Kier molecular flexibility index (Phi) is 1.11. The quantitative estimate of drug-likeness (QED) is 0.593. The molecule has 2 fully saturated rings. The Labute approximate surface area is 58.6 Å². The lowest BCUT2D eigenvalue weighted by Gasteiger charge is -2.09. The van der Waals surface area contributed by atoms with Crippen LogP contribution in [0.25, 0.3) is 0 Å². The Balaban J connectivity index is 1.96. The van der Waals surface area contributed by atoms with E-state index in [0.717, 1.165) is 0 Å². The standard InChI is InChI=1S/C7H11F2N/c8-7(9)5-1-4(3-10)2-6(5)7/h4-6H,1-3,10H2/t5-,6-/m0/s1. The summed E-state index contributed by atoms with van der Waals surface area (Å²) in [7, 11) is 0. The molecule has 0 amide bonds. The largest absolute Gasteiger partial charge is 0.330 e. The number of fused-ring (bicyclic) bond motifs is 1. The lowest BCUT2D eigenvalue weighted by atomic mass is 10.0. The first kappa shape index (κ1) is 6.53. The summed E-state index contributed by atoms with van der Waals surface area (Å²) in [5.41, 5.74) is 5.36. The average molecular weight is 147 g/mol. The molecule has 1 nitrogen and oxygen atoms in total. The third-order valence-electron chi connectivity index (χ3n) is 2.87. The van der Waals surface area contributed by atoms with Crippen molar-refractivity contribution < 1.29 is 8.78 Å². The molecule has 0 unspecified atom stereocenters. The summed E-state index contributed by atoms with van der Waals surface area (Å²) >= 11 is 0. The molecule has 0 aromatic rings. The first-order chi connectivity index (χ1) is 4.66. The number of hydrogen-bond acceptors (Lipinski definition) is 1. The van der Waals surface area contributed by atoms with Gasteiger partial charge >= 0.3 is 0 Å². The second-order valence-electron chi connectivity index (χ2n) is 3.46. The second kappa shape index (κ2) is 1.70. The number of alkyl halides is 2. The fraction of sp³-hybridized carbons (Fsp3) is 1.00. The summed E-state index contributed by atoms with van der Waals surface area (Å²) in [6.45, 7) is 0.586. The summed E-state index contributed by atoms with van der Waals surface area (Å²) < 4.78 is 25.0. The van der Waals surface area contributed by atoms with Gasteiger partial charge in [-0.15, -0.1) is 0 Å². The molecule has 2 aliphatic rings. The minimum Gasteiger partial charge on any atom is -0.330 e. The van der Waals surface area contributed by atoms with E-state index in [1.807, 2.05) is 0 Å². The van der Waals surface area contributed by atoms with E-state index in [0.29, 0.717) is 25.3 Å². The molecule has 0 aliphatic heterocycles. The van der Waals surface area contributed by atoms with E-state index in [-0.39, 0.29) is 11.8 Å². The van der Waals surface area contributed by atoms with Gasteiger partial charge in [0.15, 0.2) is 0 Å². The van der Waals surface area contributed by atoms with E-state index in [1.165, 1.54) is 0 Å². The zero-order valence-corrected chi connectivity index (χ0v) is 5.69. The normalized spacial score (nSPS) is 43.5. The summed E-state index contributed by atoms with van der Waals surface area (Å²) in [6.07, 6.45) is 1.32. The smallest absolute Gasteiger partial charge is 0.254 e. The molecule has 58 valence electrons. The molecule has 2 aliphatic carbocycles. The highest BCUT2D eigenvalue weighted by atomic mass is 19.3. The second-order valence-corrected chi connectivity index (χ2v) is 3.46. The molecule has 10 heavy (non-hydrogen) atoms. The van der Waals surface area contributed by atoms with Crippen LogP contribution in [0, 0.1) is 17.8 Å². The highest BCUT2D eigenvalue weighted by Gasteiger charge is 2.71. The van der Waals surface area contributed by atoms with Gasteiger partial charge in [0.2, 0.25) is 0 Å². The van der Waals surface area contributed by atoms with Crippen LogP contribution in [0.5, 0.6) is 0 Å². The molecular formula is C7H11F2N. The van der Waals surface area contributed by atoms with Crippen molar-refractivity contribution in [2.75, 3.05) is 6.54 Å². The SMILES string of the molecule is NCC1C[C@H]2[C@H](C1)C2(F)F. The molecule has 0 aromatic carbocycles. The zero-order valence-electron chi connectivity index (χ0n) is 5.69. The van der Waals surface area contributed by atoms with Crippen molar-refractivity contribution in [2.45, 2.75) is 18.8 Å². The first-order valence-electron chi connectivity index (χ1n) is 3.74. The summed E-state index contributed by atoms with van der Waals surface area (Å²) in [5.74, 6) is -2.54. The third-order valence-corrected chi connectivity index (χ3v) is 2.87. The average Bonchev–Trinajstić information content (AvgIpc) is 2.37. The lowest BCUT2D eigenvalue weighted by molar-refractivity contribution is 0.0646. The topological polar surface area (TPSA) is 26.0 Å². The highest BCUT2D eigenvalue weighted by Crippen LogP contribution is 2.65. The number of rotatable bonds is 1. The molecule has 0 saturated heterocycles. The predicted octanol–water partition coefficient (Wildman–Crippen LogP) is 1.24. The fourth-order valence-corrected chi connectivity index (χ4v) is 2.11. The van der Waals surface area contributed by atoms with Gasteiger partial charge in [0.25, 0.3) is 5.92 Å². The molecule has 3 heteroatoms. The van der Waals surface area contributed by atoms with Crippen LogP contribution in [0.3, 0.4) is 0 Å². The van der Waals surface area contributed by atoms with Gasteiger partial charge in [0.05, 0.1) is 0 Å². The Morgan fingerprint density at radius 1 is 1.30 bits per heavy atom. The van der Waals surface area contributed by atoms with Crippen LogP contribution in [0.1, 0.15) is 12.8 Å². The Morgan fingerprint density at radius 3 is 2.20 bits per heavy atom. The van der Waals surface area contributed by atoms with Crippen molar-refractivity contribution in [2.24, 2.45) is 23.5 Å². The van der Waals surface area contributed by atoms with Crippen molar-refractivity contribution in [1.82, 2.24) is 0 Å². The van der Waals surface area contributed by atoms with Crippen LogP contribution in [0.4, 0.5) is 8.78 Å². The molecular weight excluding hydrogens is 136 g/mol. The Bertz CT molecular complexity index is 144. The van der Waals surface area contributed by atoms with Gasteiger partial charge in [-0.1, -0.05) is 0 Å². The van der Waals surface area contributed by atoms with Gasteiger partial charge in [0.1, 0.15) is 0 Å². The Hall–Kier alpha value is -0.180. The molecule has 2 saturated carbocycles. The van der Waals surface area contributed by atoms with E-state index in [2.05, 4.69) is 0 Å². The minimum absolute atomic E-state index is 0.305. The van der Waals surface area contributed by atoms with Gasteiger partial charge in [-0.05, 0) is 25.3 Å². The monoisotopic (exact) mass is 147 g/mol. The molecule has 0 bridgehead atoms. The van der Waals surface area contributed by atoms with Crippen molar-refractivity contribution in [3.63, 3.8) is 0 Å². The minimum atomic E-state index is -2.31. The first-order valence-corrected chi connectivity index (χ1v) is 3.74. The van der Waals surface area contributed by atoms with Crippen LogP contribution < -0.4 is 5.73 Å². The van der Waals surface area contributed by atoms with Gasteiger partial charge in [-0.25, -0.2) is 8.78 Å². The maximum absolute atomic E-state index is 12.5.